The number of hydrogen-bond donors (Lipinski definition) is 1. The molecular formula is C17H23N3O3. The molecule has 2 aliphatic rings. The largest absolute Gasteiger partial charge is 0.495 e. The van der Waals surface area contributed by atoms with Gasteiger partial charge in [-0.3, -0.25) is 9.59 Å². The fraction of sp³-hybridized carbons (Fsp3) is 0.529. The third kappa shape index (κ3) is 3.41. The van der Waals surface area contributed by atoms with Gasteiger partial charge in [-0.2, -0.15) is 0 Å². The van der Waals surface area contributed by atoms with Gasteiger partial charge >= 0.3 is 0 Å². The van der Waals surface area contributed by atoms with Crippen LogP contribution in [-0.4, -0.2) is 50.5 Å². The Morgan fingerprint density at radius 1 is 1.26 bits per heavy atom. The van der Waals surface area contributed by atoms with Gasteiger partial charge in [0.25, 0.3) is 0 Å². The van der Waals surface area contributed by atoms with Crippen molar-refractivity contribution in [2.45, 2.75) is 19.3 Å². The molecule has 0 aromatic heterocycles. The van der Waals surface area contributed by atoms with E-state index in [-0.39, 0.29) is 11.8 Å². The number of amides is 2. The Bertz CT molecular complexity index is 578. The average Bonchev–Trinajstić information content (AvgIpc) is 2.53. The number of nitrogens with one attached hydrogen (secondary N) is 1. The molecule has 0 radical (unpaired) electrons. The number of piperazine rings is 1. The average molecular weight is 317 g/mol. The van der Waals surface area contributed by atoms with E-state index in [9.17, 15) is 9.59 Å². The van der Waals surface area contributed by atoms with Gasteiger partial charge in [-0.1, -0.05) is 6.42 Å². The van der Waals surface area contributed by atoms with Gasteiger partial charge in [-0.25, -0.2) is 0 Å². The van der Waals surface area contributed by atoms with Crippen molar-refractivity contribution in [1.82, 2.24) is 4.90 Å². The van der Waals surface area contributed by atoms with Crippen molar-refractivity contribution in [3.8, 4) is 5.75 Å². The summed E-state index contributed by atoms with van der Waals surface area (Å²) >= 11 is 0. The Kier molecular flexibility index (Phi) is 4.69. The number of benzene rings is 1. The van der Waals surface area contributed by atoms with E-state index in [1.807, 2.05) is 18.2 Å². The number of nitrogens with zero attached hydrogens (tertiary/aromatic N) is 2. The van der Waals surface area contributed by atoms with E-state index in [4.69, 9.17) is 4.74 Å². The molecule has 0 atom stereocenters. The summed E-state index contributed by atoms with van der Waals surface area (Å²) in [7, 11) is 1.61. The van der Waals surface area contributed by atoms with E-state index in [0.29, 0.717) is 5.75 Å². The number of methoxy groups -OCH3 is 1. The third-order valence-corrected chi connectivity index (χ3v) is 4.75. The Hall–Kier alpha value is -2.24. The quantitative estimate of drug-likeness (QED) is 0.840. The van der Waals surface area contributed by atoms with Crippen LogP contribution in [0.1, 0.15) is 19.3 Å². The summed E-state index contributed by atoms with van der Waals surface area (Å²) in [5.74, 6) is 0.893. The molecule has 0 bridgehead atoms. The molecule has 0 spiro atoms. The minimum atomic E-state index is 0.0810. The predicted molar refractivity (Wildman–Crippen MR) is 88.8 cm³/mol. The van der Waals surface area contributed by atoms with Crippen molar-refractivity contribution in [3.05, 3.63) is 18.2 Å². The fourth-order valence-electron chi connectivity index (χ4n) is 2.98. The van der Waals surface area contributed by atoms with E-state index in [2.05, 4.69) is 10.2 Å². The van der Waals surface area contributed by atoms with Gasteiger partial charge in [0.2, 0.25) is 12.3 Å². The topological polar surface area (TPSA) is 61.9 Å². The molecule has 6 heteroatoms. The first-order valence-corrected chi connectivity index (χ1v) is 8.14. The number of rotatable bonds is 5. The lowest BCUT2D eigenvalue weighted by atomic mass is 9.85. The normalized spacial score (nSPS) is 18.3. The van der Waals surface area contributed by atoms with Gasteiger partial charge in [-0.15, -0.1) is 0 Å². The maximum Gasteiger partial charge on any atom is 0.227 e. The Morgan fingerprint density at radius 2 is 2.00 bits per heavy atom. The highest BCUT2D eigenvalue weighted by atomic mass is 16.5. The molecule has 124 valence electrons. The molecule has 1 aliphatic heterocycles. The van der Waals surface area contributed by atoms with Crippen molar-refractivity contribution >= 4 is 23.7 Å². The minimum absolute atomic E-state index is 0.0810. The SMILES string of the molecule is COc1ccc(N2CCN(C=O)CC2)cc1NC(=O)C1CCC1. The monoisotopic (exact) mass is 317 g/mol. The highest BCUT2D eigenvalue weighted by Gasteiger charge is 2.26. The van der Waals surface area contributed by atoms with Crippen molar-refractivity contribution in [3.63, 3.8) is 0 Å². The first kappa shape index (κ1) is 15.6. The van der Waals surface area contributed by atoms with E-state index >= 15 is 0 Å². The molecular weight excluding hydrogens is 294 g/mol. The summed E-state index contributed by atoms with van der Waals surface area (Å²) in [5, 5.41) is 3.01. The van der Waals surface area contributed by atoms with Crippen LogP contribution in [0.5, 0.6) is 5.75 Å². The molecule has 0 unspecified atom stereocenters. The lowest BCUT2D eigenvalue weighted by Gasteiger charge is -2.34. The van der Waals surface area contributed by atoms with Crippen LogP contribution >= 0.6 is 0 Å². The van der Waals surface area contributed by atoms with Crippen molar-refractivity contribution in [1.29, 1.82) is 0 Å². The molecule has 1 saturated carbocycles. The second-order valence-electron chi connectivity index (χ2n) is 6.13. The van der Waals surface area contributed by atoms with E-state index in [1.54, 1.807) is 12.0 Å². The third-order valence-electron chi connectivity index (χ3n) is 4.75. The molecule has 6 nitrogen and oxygen atoms in total. The number of hydrogen-bond acceptors (Lipinski definition) is 4. The van der Waals surface area contributed by atoms with Crippen LogP contribution in [0.25, 0.3) is 0 Å². The zero-order chi connectivity index (χ0) is 16.2. The number of anilines is 2. The zero-order valence-corrected chi connectivity index (χ0v) is 13.5. The molecule has 1 heterocycles. The van der Waals surface area contributed by atoms with Crippen molar-refractivity contribution in [2.75, 3.05) is 43.5 Å². The van der Waals surface area contributed by atoms with Gasteiger partial charge in [0, 0.05) is 37.8 Å². The molecule has 3 rings (SSSR count). The summed E-state index contributed by atoms with van der Waals surface area (Å²) in [5.41, 5.74) is 1.76. The molecule has 2 amide bonds. The van der Waals surface area contributed by atoms with Gasteiger partial charge in [0.15, 0.2) is 0 Å². The Morgan fingerprint density at radius 3 is 2.57 bits per heavy atom. The number of ether oxygens (including phenoxy) is 1. The van der Waals surface area contributed by atoms with Crippen LogP contribution in [-0.2, 0) is 9.59 Å². The standard InChI is InChI=1S/C17H23N3O3/c1-23-16-6-5-14(20-9-7-19(12-21)8-10-20)11-15(16)18-17(22)13-3-2-4-13/h5-6,11-13H,2-4,7-10H2,1H3,(H,18,22). The Labute approximate surface area is 136 Å². The molecule has 23 heavy (non-hydrogen) atoms. The van der Waals surface area contributed by atoms with Crippen LogP contribution in [0.4, 0.5) is 11.4 Å². The molecule has 1 aliphatic carbocycles. The molecule has 1 saturated heterocycles. The van der Waals surface area contributed by atoms with Crippen LogP contribution in [0, 0.1) is 5.92 Å². The lowest BCUT2D eigenvalue weighted by molar-refractivity contribution is -0.122. The second kappa shape index (κ2) is 6.89. The minimum Gasteiger partial charge on any atom is -0.495 e. The van der Waals surface area contributed by atoms with E-state index < -0.39 is 0 Å². The first-order valence-electron chi connectivity index (χ1n) is 8.14. The summed E-state index contributed by atoms with van der Waals surface area (Å²) in [6.45, 7) is 3.03. The highest BCUT2D eigenvalue weighted by Crippen LogP contribution is 2.33. The number of carbonyl (C=O) groups is 2. The smallest absolute Gasteiger partial charge is 0.227 e. The predicted octanol–water partition coefficient (Wildman–Crippen LogP) is 1.71. The molecule has 1 aromatic carbocycles. The van der Waals surface area contributed by atoms with E-state index in [0.717, 1.165) is 63.2 Å². The van der Waals surface area contributed by atoms with Gasteiger partial charge < -0.3 is 19.9 Å². The molecule has 1 N–H and O–H groups in total. The summed E-state index contributed by atoms with van der Waals surface area (Å²) in [6.07, 6.45) is 3.98. The molecule has 1 aromatic rings. The van der Waals surface area contributed by atoms with Crippen molar-refractivity contribution < 1.29 is 14.3 Å². The maximum absolute atomic E-state index is 12.2. The summed E-state index contributed by atoms with van der Waals surface area (Å²) < 4.78 is 5.37. The highest BCUT2D eigenvalue weighted by molar-refractivity contribution is 5.95. The van der Waals surface area contributed by atoms with Crippen LogP contribution in [0.2, 0.25) is 0 Å². The van der Waals surface area contributed by atoms with E-state index in [1.165, 1.54) is 0 Å². The summed E-state index contributed by atoms with van der Waals surface area (Å²) in [4.78, 5) is 27.0. The van der Waals surface area contributed by atoms with Gasteiger partial charge in [0.05, 0.1) is 12.8 Å². The summed E-state index contributed by atoms with van der Waals surface area (Å²) in [6, 6.07) is 5.85. The maximum atomic E-state index is 12.2. The lowest BCUT2D eigenvalue weighted by Crippen LogP contribution is -2.45. The van der Waals surface area contributed by atoms with Crippen LogP contribution in [0.3, 0.4) is 0 Å². The van der Waals surface area contributed by atoms with Gasteiger partial charge in [0.1, 0.15) is 5.75 Å². The zero-order valence-electron chi connectivity index (χ0n) is 13.5. The number of carbonyl (C=O) groups excluding carboxylic acids is 2. The van der Waals surface area contributed by atoms with Crippen LogP contribution < -0.4 is 15.0 Å². The van der Waals surface area contributed by atoms with Crippen molar-refractivity contribution in [2.24, 2.45) is 5.92 Å². The Balaban J connectivity index is 1.73. The first-order chi connectivity index (χ1) is 11.2. The second-order valence-corrected chi connectivity index (χ2v) is 6.13. The fourth-order valence-corrected chi connectivity index (χ4v) is 2.98. The van der Waals surface area contributed by atoms with Crippen LogP contribution in [0.15, 0.2) is 18.2 Å². The van der Waals surface area contributed by atoms with Gasteiger partial charge in [-0.05, 0) is 31.0 Å². The molecule has 2 fully saturated rings.